The lowest BCUT2D eigenvalue weighted by Crippen LogP contribution is -2.64. The monoisotopic (exact) mass is 892 g/mol. The number of halogens is 2. The number of benzene rings is 1. The highest BCUT2D eigenvalue weighted by Gasteiger charge is 2.41. The first kappa shape index (κ1) is 46.0. The van der Waals surface area contributed by atoms with Gasteiger partial charge in [-0.25, -0.2) is 15.2 Å². The van der Waals surface area contributed by atoms with Gasteiger partial charge in [-0.1, -0.05) is 33.8 Å². The minimum atomic E-state index is -2.95. The fourth-order valence-electron chi connectivity index (χ4n) is 8.91. The Kier molecular flexibility index (Phi) is 13.8. The van der Waals surface area contributed by atoms with E-state index in [-0.39, 0.29) is 44.7 Å². The zero-order valence-corrected chi connectivity index (χ0v) is 38.0. The number of aromatic nitrogens is 3. The molecule has 6 heterocycles. The van der Waals surface area contributed by atoms with Crippen molar-refractivity contribution in [1.29, 1.82) is 0 Å². The number of fused-ring (bicyclic) bond motifs is 6. The minimum absolute atomic E-state index is 0.0310. The van der Waals surface area contributed by atoms with Crippen molar-refractivity contribution in [2.45, 2.75) is 111 Å². The number of likely N-dealkylation sites (tertiary alicyclic amines) is 1. The number of hydrogen-bond acceptors (Lipinski definition) is 11. The van der Waals surface area contributed by atoms with Gasteiger partial charge in [-0.3, -0.25) is 24.4 Å². The standard InChI is InChI=1S/C45H58F2N8O7S/c1-9-54-35-15-14-27-18-30(35)31(39(54)29-12-10-16-48-37(29)26(4)60-8)20-45(5,6)24-61-42(58)32-13-11-17-55(51-32)41(57)33(19-36-49-34(27)23-63-36)50-40(56)38(25(2)3)52(7)44(59)53-21-28(22-53)62-43(46)47/h10,12,14-16,18,23,25-26,28,32-33,38,43,51H,9,11,13,17,19-22,24H2,1-8H3,(H,50,56)/t26-,32-,33-,38-/m0/s1. The molecule has 3 aliphatic heterocycles. The number of ether oxygens (including phenoxy) is 3. The van der Waals surface area contributed by atoms with E-state index in [0.29, 0.717) is 36.5 Å². The number of alkyl halides is 2. The van der Waals surface area contributed by atoms with Crippen molar-refractivity contribution >= 4 is 46.1 Å². The quantitative estimate of drug-likeness (QED) is 0.176. The Morgan fingerprint density at radius 3 is 2.62 bits per heavy atom. The molecule has 4 atom stereocenters. The number of urea groups is 1. The van der Waals surface area contributed by atoms with E-state index in [1.165, 1.54) is 33.2 Å². The largest absolute Gasteiger partial charge is 0.464 e. The highest BCUT2D eigenvalue weighted by atomic mass is 32.1. The van der Waals surface area contributed by atoms with Crippen LogP contribution in [0.5, 0.6) is 0 Å². The maximum Gasteiger partial charge on any atom is 0.345 e. The summed E-state index contributed by atoms with van der Waals surface area (Å²) in [6, 6.07) is 6.82. The smallest absolute Gasteiger partial charge is 0.345 e. The molecule has 2 fully saturated rings. The highest BCUT2D eigenvalue weighted by Crippen LogP contribution is 2.42. The predicted octanol–water partition coefficient (Wildman–Crippen LogP) is 6.20. The molecule has 3 aromatic heterocycles. The van der Waals surface area contributed by atoms with E-state index in [1.54, 1.807) is 27.2 Å². The molecule has 18 heteroatoms. The number of rotatable bonds is 10. The number of carbonyl (C=O) groups is 4. The molecular weight excluding hydrogens is 835 g/mol. The lowest BCUT2D eigenvalue weighted by atomic mass is 9.84. The van der Waals surface area contributed by atoms with Crippen molar-refractivity contribution in [1.82, 2.24) is 40.1 Å². The van der Waals surface area contributed by atoms with Crippen LogP contribution in [0.2, 0.25) is 0 Å². The van der Waals surface area contributed by atoms with Gasteiger partial charge in [0.1, 0.15) is 18.1 Å². The Morgan fingerprint density at radius 1 is 1.16 bits per heavy atom. The number of thiazole rings is 1. The zero-order chi connectivity index (χ0) is 45.3. The SMILES string of the molecule is CCn1c(-c2cccnc2[C@H](C)OC)c2c3cc(ccc31)-c1csc(n1)C[C@H](NC(=O)[C@H](C(C)C)N(C)C(=O)N1CC(OC(F)F)C1)C(=O)N1CCC[C@H](N1)C(=O)OCC(C)(C)C2. The van der Waals surface area contributed by atoms with Crippen molar-refractivity contribution in [2.75, 3.05) is 40.4 Å². The van der Waals surface area contributed by atoms with E-state index in [4.69, 9.17) is 19.4 Å². The number of methoxy groups -OCH3 is 1. The molecule has 0 unspecified atom stereocenters. The molecule has 4 aromatic rings. The number of pyridine rings is 1. The second kappa shape index (κ2) is 19.0. The summed E-state index contributed by atoms with van der Waals surface area (Å²) in [6.45, 7) is 9.86. The maximum absolute atomic E-state index is 14.5. The summed E-state index contributed by atoms with van der Waals surface area (Å²) in [4.78, 5) is 68.4. The molecule has 15 nitrogen and oxygen atoms in total. The summed E-state index contributed by atoms with van der Waals surface area (Å²) in [5.41, 5.74) is 9.05. The van der Waals surface area contributed by atoms with Crippen molar-refractivity contribution < 1.29 is 42.2 Å². The van der Waals surface area contributed by atoms with Crippen LogP contribution in [0.15, 0.2) is 41.9 Å². The Bertz CT molecular complexity index is 2330. The first-order valence-corrected chi connectivity index (χ1v) is 22.5. The molecule has 340 valence electrons. The van der Waals surface area contributed by atoms with Crippen molar-refractivity contribution in [3.63, 3.8) is 0 Å². The molecule has 2 N–H and O–H groups in total. The van der Waals surface area contributed by atoms with E-state index in [9.17, 15) is 28.0 Å². The third-order valence-corrected chi connectivity index (χ3v) is 13.1. The summed E-state index contributed by atoms with van der Waals surface area (Å²) in [5.74, 6) is -1.91. The molecule has 2 saturated heterocycles. The van der Waals surface area contributed by atoms with Gasteiger partial charge in [0.05, 0.1) is 54.0 Å². The number of esters is 1. The van der Waals surface area contributed by atoms with Crippen LogP contribution < -0.4 is 10.7 Å². The van der Waals surface area contributed by atoms with Crippen LogP contribution in [-0.4, -0.2) is 124 Å². The van der Waals surface area contributed by atoms with Crippen molar-refractivity contribution in [2.24, 2.45) is 11.3 Å². The summed E-state index contributed by atoms with van der Waals surface area (Å²) < 4.78 is 44.2. The summed E-state index contributed by atoms with van der Waals surface area (Å²) >= 11 is 1.37. The van der Waals surface area contributed by atoms with E-state index < -0.39 is 60.1 Å². The number of hydrazine groups is 1. The van der Waals surface area contributed by atoms with Gasteiger partial charge >= 0.3 is 18.6 Å². The molecule has 6 bridgehead atoms. The topological polar surface area (TPSA) is 160 Å². The molecule has 4 amide bonds. The first-order chi connectivity index (χ1) is 30.0. The van der Waals surface area contributed by atoms with Gasteiger partial charge in [-0.15, -0.1) is 11.3 Å². The van der Waals surface area contributed by atoms with Crippen LogP contribution in [0.4, 0.5) is 13.6 Å². The molecule has 7 rings (SSSR count). The number of nitrogens with zero attached hydrogens (tertiary/aromatic N) is 6. The normalized spacial score (nSPS) is 20.6. The van der Waals surface area contributed by atoms with Crippen LogP contribution in [0.1, 0.15) is 76.8 Å². The van der Waals surface area contributed by atoms with Crippen molar-refractivity contribution in [3.8, 4) is 22.5 Å². The van der Waals surface area contributed by atoms with Crippen LogP contribution in [-0.2, 0) is 48.0 Å². The summed E-state index contributed by atoms with van der Waals surface area (Å²) in [6.07, 6.45) is 2.25. The molecule has 0 spiro atoms. The van der Waals surface area contributed by atoms with Gasteiger partial charge in [-0.05, 0) is 68.9 Å². The lowest BCUT2D eigenvalue weighted by molar-refractivity contribution is -0.190. The summed E-state index contributed by atoms with van der Waals surface area (Å²) in [7, 11) is 3.15. The third-order valence-electron chi connectivity index (χ3n) is 12.2. The van der Waals surface area contributed by atoms with E-state index in [2.05, 4.69) is 59.0 Å². The van der Waals surface area contributed by atoms with Crippen LogP contribution in [0.3, 0.4) is 0 Å². The average Bonchev–Trinajstić information content (AvgIpc) is 3.84. The lowest BCUT2D eigenvalue weighted by Gasteiger charge is -2.42. The van der Waals surface area contributed by atoms with Crippen LogP contribution in [0.25, 0.3) is 33.4 Å². The molecule has 3 aliphatic rings. The Hall–Kier alpha value is -5.04. The average molecular weight is 893 g/mol. The molecule has 0 saturated carbocycles. The predicted molar refractivity (Wildman–Crippen MR) is 234 cm³/mol. The van der Waals surface area contributed by atoms with Gasteiger partial charge in [0.15, 0.2) is 0 Å². The minimum Gasteiger partial charge on any atom is -0.464 e. The second-order valence-corrected chi connectivity index (χ2v) is 18.7. The Morgan fingerprint density at radius 2 is 1.92 bits per heavy atom. The van der Waals surface area contributed by atoms with Gasteiger partial charge < -0.3 is 33.9 Å². The zero-order valence-electron chi connectivity index (χ0n) is 37.2. The first-order valence-electron chi connectivity index (χ1n) is 21.6. The van der Waals surface area contributed by atoms with Gasteiger partial charge in [0.25, 0.3) is 5.91 Å². The highest BCUT2D eigenvalue weighted by molar-refractivity contribution is 7.10. The molecular formula is C45H58F2N8O7S. The van der Waals surface area contributed by atoms with Crippen molar-refractivity contribution in [3.05, 3.63) is 58.2 Å². The number of aryl methyl sites for hydroxylation is 1. The van der Waals surface area contributed by atoms with E-state index in [0.717, 1.165) is 39.0 Å². The molecule has 1 aromatic carbocycles. The molecule has 0 aliphatic carbocycles. The maximum atomic E-state index is 14.5. The van der Waals surface area contributed by atoms with E-state index in [1.807, 2.05) is 24.4 Å². The van der Waals surface area contributed by atoms with Crippen LogP contribution >= 0.6 is 11.3 Å². The van der Waals surface area contributed by atoms with E-state index >= 15 is 0 Å². The Labute approximate surface area is 370 Å². The third kappa shape index (κ3) is 9.73. The fraction of sp³-hybridized carbons (Fsp3) is 0.556. The second-order valence-electron chi connectivity index (χ2n) is 17.8. The molecule has 0 radical (unpaired) electrons. The number of nitrogens with one attached hydrogen (secondary N) is 2. The number of cyclic esters (lactones) is 1. The van der Waals surface area contributed by atoms with Gasteiger partial charge in [0, 0.05) is 72.7 Å². The fourth-order valence-corrected chi connectivity index (χ4v) is 9.77. The van der Waals surface area contributed by atoms with Gasteiger partial charge in [-0.2, -0.15) is 8.78 Å². The number of likely N-dealkylation sites (N-methyl/N-ethyl adjacent to an activating group) is 1. The summed E-state index contributed by atoms with van der Waals surface area (Å²) in [5, 5.41) is 7.87. The van der Waals surface area contributed by atoms with Gasteiger partial charge in [0.2, 0.25) is 5.91 Å². The molecule has 63 heavy (non-hydrogen) atoms. The number of hydrogen-bond donors (Lipinski definition) is 2. The number of amides is 4. The van der Waals surface area contributed by atoms with Crippen LogP contribution in [0, 0.1) is 11.3 Å². The number of carbonyl (C=O) groups excluding carboxylic acids is 4. The Balaban J connectivity index is 1.26.